The van der Waals surface area contributed by atoms with Gasteiger partial charge < -0.3 is 26.2 Å². The fourth-order valence-electron chi connectivity index (χ4n) is 5.35. The summed E-state index contributed by atoms with van der Waals surface area (Å²) in [5, 5.41) is 6.06. The lowest BCUT2D eigenvalue weighted by atomic mass is 9.91. The molecule has 9 heteroatoms. The molecule has 2 saturated carbocycles. The van der Waals surface area contributed by atoms with Gasteiger partial charge in [-0.1, -0.05) is 0 Å². The Balaban J connectivity index is 1.36. The molecule has 2 aliphatic carbocycles. The van der Waals surface area contributed by atoms with Gasteiger partial charge in [-0.3, -0.25) is 14.4 Å². The molecule has 0 bridgehead atoms. The molecular formula is C29H36FN5O3. The molecule has 2 aromatic carbocycles. The van der Waals surface area contributed by atoms with Crippen molar-refractivity contribution >= 4 is 29.1 Å². The van der Waals surface area contributed by atoms with Crippen LogP contribution < -0.4 is 21.3 Å². The number of nitrogens with one attached hydrogen (secondary N) is 2. The summed E-state index contributed by atoms with van der Waals surface area (Å²) in [6.07, 6.45) is 6.25. The maximum absolute atomic E-state index is 13.4. The summed E-state index contributed by atoms with van der Waals surface area (Å²) >= 11 is 0. The first-order valence-electron chi connectivity index (χ1n) is 13.7. The van der Waals surface area contributed by atoms with Gasteiger partial charge in [-0.05, 0) is 87.4 Å². The van der Waals surface area contributed by atoms with Crippen molar-refractivity contribution in [3.05, 3.63) is 59.4 Å². The molecule has 38 heavy (non-hydrogen) atoms. The van der Waals surface area contributed by atoms with Crippen LogP contribution >= 0.6 is 0 Å². The Kier molecular flexibility index (Phi) is 7.93. The monoisotopic (exact) mass is 521 g/mol. The van der Waals surface area contributed by atoms with Crippen molar-refractivity contribution in [3.8, 4) is 0 Å². The SMILES string of the molecule is NC1CCC(NC(=O)c2ccc(N3CCCN(C(=O)C4CC4)CC3)c(NC(=O)c3ccc(F)cc3)c2)CC1. The van der Waals surface area contributed by atoms with E-state index in [9.17, 15) is 18.8 Å². The van der Waals surface area contributed by atoms with E-state index in [4.69, 9.17) is 5.73 Å². The summed E-state index contributed by atoms with van der Waals surface area (Å²) in [6, 6.07) is 11.0. The second-order valence-corrected chi connectivity index (χ2v) is 10.7. The number of nitrogens with two attached hydrogens (primary N) is 1. The zero-order valence-electron chi connectivity index (χ0n) is 21.6. The molecule has 1 heterocycles. The number of hydrogen-bond acceptors (Lipinski definition) is 5. The Morgan fingerprint density at radius 3 is 2.24 bits per heavy atom. The molecule has 8 nitrogen and oxygen atoms in total. The van der Waals surface area contributed by atoms with Crippen molar-refractivity contribution in [1.82, 2.24) is 10.2 Å². The highest BCUT2D eigenvalue weighted by Gasteiger charge is 2.34. The number of anilines is 2. The molecule has 3 fully saturated rings. The molecule has 1 saturated heterocycles. The van der Waals surface area contributed by atoms with Crippen molar-refractivity contribution in [1.29, 1.82) is 0 Å². The van der Waals surface area contributed by atoms with Gasteiger partial charge >= 0.3 is 0 Å². The second kappa shape index (κ2) is 11.5. The van der Waals surface area contributed by atoms with E-state index in [1.807, 2.05) is 11.0 Å². The number of carbonyl (C=O) groups excluding carboxylic acids is 3. The van der Waals surface area contributed by atoms with Crippen LogP contribution in [0.25, 0.3) is 0 Å². The fraction of sp³-hybridized carbons (Fsp3) is 0.483. The third kappa shape index (κ3) is 6.32. The molecule has 0 spiro atoms. The van der Waals surface area contributed by atoms with Gasteiger partial charge in [-0.2, -0.15) is 0 Å². The van der Waals surface area contributed by atoms with Crippen molar-refractivity contribution in [2.45, 2.75) is 57.0 Å². The molecule has 202 valence electrons. The van der Waals surface area contributed by atoms with Crippen LogP contribution in [0.15, 0.2) is 42.5 Å². The Morgan fingerprint density at radius 1 is 0.816 bits per heavy atom. The summed E-state index contributed by atoms with van der Waals surface area (Å²) in [5.74, 6) is -0.562. The first kappa shape index (κ1) is 26.2. The summed E-state index contributed by atoms with van der Waals surface area (Å²) in [4.78, 5) is 42.9. The van der Waals surface area contributed by atoms with E-state index in [1.54, 1.807) is 12.1 Å². The molecular weight excluding hydrogens is 485 g/mol. The summed E-state index contributed by atoms with van der Waals surface area (Å²) in [5.41, 5.74) is 8.09. The summed E-state index contributed by atoms with van der Waals surface area (Å²) in [6.45, 7) is 2.69. The lowest BCUT2D eigenvalue weighted by Crippen LogP contribution is -2.40. The molecule has 0 atom stereocenters. The van der Waals surface area contributed by atoms with Gasteiger partial charge in [-0.15, -0.1) is 0 Å². The van der Waals surface area contributed by atoms with Gasteiger partial charge in [0.2, 0.25) is 5.91 Å². The molecule has 1 aliphatic heterocycles. The van der Waals surface area contributed by atoms with E-state index in [0.29, 0.717) is 36.4 Å². The maximum Gasteiger partial charge on any atom is 0.255 e. The Hall–Kier alpha value is -3.46. The van der Waals surface area contributed by atoms with Gasteiger partial charge in [0.05, 0.1) is 11.4 Å². The van der Waals surface area contributed by atoms with Gasteiger partial charge in [-0.25, -0.2) is 4.39 Å². The minimum atomic E-state index is -0.417. The molecule has 0 aromatic heterocycles. The Morgan fingerprint density at radius 2 is 1.53 bits per heavy atom. The average Bonchev–Trinajstić information content (AvgIpc) is 3.78. The second-order valence-electron chi connectivity index (χ2n) is 10.7. The molecule has 3 aliphatic rings. The van der Waals surface area contributed by atoms with Crippen LogP contribution in [-0.2, 0) is 4.79 Å². The molecule has 2 aromatic rings. The largest absolute Gasteiger partial charge is 0.368 e. The van der Waals surface area contributed by atoms with Crippen LogP contribution in [0.1, 0.15) is 65.7 Å². The van der Waals surface area contributed by atoms with E-state index in [-0.39, 0.29) is 35.7 Å². The van der Waals surface area contributed by atoms with E-state index < -0.39 is 5.82 Å². The van der Waals surface area contributed by atoms with E-state index >= 15 is 0 Å². The smallest absolute Gasteiger partial charge is 0.255 e. The molecule has 5 rings (SSSR count). The Bertz CT molecular complexity index is 1180. The van der Waals surface area contributed by atoms with E-state index in [2.05, 4.69) is 15.5 Å². The number of carbonyl (C=O) groups is 3. The van der Waals surface area contributed by atoms with Crippen LogP contribution in [0.2, 0.25) is 0 Å². The van der Waals surface area contributed by atoms with Gasteiger partial charge in [0.1, 0.15) is 5.82 Å². The minimum Gasteiger partial charge on any atom is -0.368 e. The third-order valence-corrected chi connectivity index (χ3v) is 7.80. The number of halogens is 1. The molecule has 4 N–H and O–H groups in total. The zero-order chi connectivity index (χ0) is 26.6. The Labute approximate surface area is 222 Å². The average molecular weight is 522 g/mol. The standard InChI is InChI=1S/C29H36FN5O3/c30-22-7-4-19(5-8-22)27(36)33-25-18-21(28(37)32-24-11-9-23(31)10-12-24)6-13-26(25)34-14-1-15-35(17-16-34)29(38)20-2-3-20/h4-8,13,18,20,23-24H,1-3,9-12,14-17,31H2,(H,32,37)(H,33,36). The quantitative estimate of drug-likeness (QED) is 0.539. The molecule has 0 unspecified atom stereocenters. The summed E-state index contributed by atoms with van der Waals surface area (Å²) < 4.78 is 13.4. The first-order valence-corrected chi connectivity index (χ1v) is 13.7. The van der Waals surface area contributed by atoms with Crippen LogP contribution in [0.5, 0.6) is 0 Å². The third-order valence-electron chi connectivity index (χ3n) is 7.80. The number of nitrogens with zero attached hydrogens (tertiary/aromatic N) is 2. The predicted molar refractivity (Wildman–Crippen MR) is 145 cm³/mol. The van der Waals surface area contributed by atoms with Crippen molar-refractivity contribution in [2.24, 2.45) is 11.7 Å². The van der Waals surface area contributed by atoms with Crippen molar-refractivity contribution < 1.29 is 18.8 Å². The van der Waals surface area contributed by atoms with E-state index in [1.165, 1.54) is 24.3 Å². The highest BCUT2D eigenvalue weighted by Crippen LogP contribution is 2.33. The van der Waals surface area contributed by atoms with Crippen LogP contribution in [-0.4, -0.2) is 60.9 Å². The van der Waals surface area contributed by atoms with Crippen LogP contribution in [0, 0.1) is 11.7 Å². The number of rotatable bonds is 6. The highest BCUT2D eigenvalue weighted by molar-refractivity contribution is 6.07. The van der Waals surface area contributed by atoms with Crippen LogP contribution in [0.4, 0.5) is 15.8 Å². The van der Waals surface area contributed by atoms with Gasteiger partial charge in [0.25, 0.3) is 11.8 Å². The fourth-order valence-corrected chi connectivity index (χ4v) is 5.35. The minimum absolute atomic E-state index is 0.0832. The highest BCUT2D eigenvalue weighted by atomic mass is 19.1. The van der Waals surface area contributed by atoms with Gasteiger partial charge in [0.15, 0.2) is 0 Å². The predicted octanol–water partition coefficient (Wildman–Crippen LogP) is 3.53. The summed E-state index contributed by atoms with van der Waals surface area (Å²) in [7, 11) is 0. The zero-order valence-corrected chi connectivity index (χ0v) is 21.6. The number of benzene rings is 2. The first-order chi connectivity index (χ1) is 18.4. The lowest BCUT2D eigenvalue weighted by Gasteiger charge is -2.28. The van der Waals surface area contributed by atoms with Crippen LogP contribution in [0.3, 0.4) is 0 Å². The van der Waals surface area contributed by atoms with Crippen molar-refractivity contribution in [3.63, 3.8) is 0 Å². The molecule has 0 radical (unpaired) electrons. The topological polar surface area (TPSA) is 108 Å². The molecule has 3 amide bonds. The lowest BCUT2D eigenvalue weighted by molar-refractivity contribution is -0.132. The van der Waals surface area contributed by atoms with Gasteiger partial charge in [0, 0.05) is 55.3 Å². The number of amides is 3. The number of hydrogen-bond donors (Lipinski definition) is 3. The maximum atomic E-state index is 13.4. The van der Waals surface area contributed by atoms with E-state index in [0.717, 1.165) is 57.2 Å². The van der Waals surface area contributed by atoms with Crippen molar-refractivity contribution in [2.75, 3.05) is 36.4 Å². The normalized spacial score (nSPS) is 21.9.